The van der Waals surface area contributed by atoms with Crippen molar-refractivity contribution in [3.63, 3.8) is 0 Å². The van der Waals surface area contributed by atoms with Gasteiger partial charge in [0.25, 0.3) is 0 Å². The van der Waals surface area contributed by atoms with E-state index in [0.29, 0.717) is 16.9 Å². The second kappa shape index (κ2) is 6.76. The first-order valence-corrected chi connectivity index (χ1v) is 6.72. The Kier molecular flexibility index (Phi) is 4.78. The van der Waals surface area contributed by atoms with Crippen LogP contribution in [0.4, 0.5) is 0 Å². The highest BCUT2D eigenvalue weighted by Crippen LogP contribution is 2.26. The van der Waals surface area contributed by atoms with Gasteiger partial charge in [0.2, 0.25) is 5.89 Å². The van der Waals surface area contributed by atoms with Crippen molar-refractivity contribution in [3.05, 3.63) is 65.4 Å². The van der Waals surface area contributed by atoms with Crippen LogP contribution in [0.5, 0.6) is 0 Å². The first-order chi connectivity index (χ1) is 10.5. The molecule has 2 rings (SSSR count). The summed E-state index contributed by atoms with van der Waals surface area (Å²) in [6, 6.07) is 8.96. The molecule has 5 heteroatoms. The molecule has 22 heavy (non-hydrogen) atoms. The molecule has 1 aromatic heterocycles. The Morgan fingerprint density at radius 1 is 1.23 bits per heavy atom. The van der Waals surface area contributed by atoms with Crippen LogP contribution in [-0.4, -0.2) is 23.2 Å². The summed E-state index contributed by atoms with van der Waals surface area (Å²) in [5, 5.41) is 10.5. The molecule has 1 heterocycles. The quantitative estimate of drug-likeness (QED) is 0.405. The Bertz CT molecular complexity index is 707. The van der Waals surface area contributed by atoms with Gasteiger partial charge in [0.15, 0.2) is 0 Å². The molecule has 0 atom stereocenters. The molecular weight excluding hydrogens is 282 g/mol. The summed E-state index contributed by atoms with van der Waals surface area (Å²) in [7, 11) is 1.28. The number of aliphatic hydroxyl groups is 1. The van der Waals surface area contributed by atoms with Crippen LogP contribution in [0, 0.1) is 13.8 Å². The lowest BCUT2D eigenvalue weighted by Gasteiger charge is -2.04. The monoisotopic (exact) mass is 299 g/mol. The van der Waals surface area contributed by atoms with Crippen LogP contribution >= 0.6 is 0 Å². The number of aromatic nitrogens is 1. The van der Waals surface area contributed by atoms with Crippen molar-refractivity contribution in [2.24, 2.45) is 0 Å². The van der Waals surface area contributed by atoms with E-state index in [4.69, 9.17) is 4.42 Å². The maximum absolute atomic E-state index is 11.3. The molecule has 0 aliphatic carbocycles. The Balaban J connectivity index is 2.54. The number of hydrogen-bond acceptors (Lipinski definition) is 5. The van der Waals surface area contributed by atoms with Gasteiger partial charge in [0, 0.05) is 11.6 Å². The molecule has 5 nitrogen and oxygen atoms in total. The fraction of sp³-hybridized carbons (Fsp3) is 0.176. The summed E-state index contributed by atoms with van der Waals surface area (Å²) in [4.78, 5) is 15.6. The van der Waals surface area contributed by atoms with Crippen LogP contribution in [0.25, 0.3) is 11.3 Å². The summed E-state index contributed by atoms with van der Waals surface area (Å²) in [5.41, 5.74) is 1.63. The van der Waals surface area contributed by atoms with E-state index >= 15 is 0 Å². The lowest BCUT2D eigenvalue weighted by molar-refractivity contribution is -0.134. The maximum Gasteiger partial charge on any atom is 0.330 e. The number of nitrogens with zero attached hydrogens (tertiary/aromatic N) is 1. The molecular formula is C17H17NO4. The maximum atomic E-state index is 11.3. The third-order valence-electron chi connectivity index (χ3n) is 3.15. The summed E-state index contributed by atoms with van der Waals surface area (Å²) >= 11 is 0. The molecule has 1 N–H and O–H groups in total. The SMILES string of the molecule is COC(=O)/C=C/C(=C(\O)c1ccccc1)c1nc(C)c(C)o1. The summed E-state index contributed by atoms with van der Waals surface area (Å²) in [6.45, 7) is 3.59. The molecule has 0 aliphatic heterocycles. The highest BCUT2D eigenvalue weighted by atomic mass is 16.5. The number of hydrogen-bond donors (Lipinski definition) is 1. The Morgan fingerprint density at radius 3 is 2.45 bits per heavy atom. The molecule has 0 unspecified atom stereocenters. The zero-order valence-electron chi connectivity index (χ0n) is 12.7. The van der Waals surface area contributed by atoms with Crippen molar-refractivity contribution >= 4 is 17.3 Å². The normalized spacial score (nSPS) is 12.3. The average Bonchev–Trinajstić information content (AvgIpc) is 2.87. The predicted octanol–water partition coefficient (Wildman–Crippen LogP) is 3.45. The smallest absolute Gasteiger partial charge is 0.330 e. The number of aryl methyl sites for hydroxylation is 2. The number of methoxy groups -OCH3 is 1. The fourth-order valence-electron chi connectivity index (χ4n) is 1.81. The minimum Gasteiger partial charge on any atom is -0.506 e. The minimum absolute atomic E-state index is 0.0259. The van der Waals surface area contributed by atoms with E-state index in [1.54, 1.807) is 31.2 Å². The zero-order chi connectivity index (χ0) is 16.1. The van der Waals surface area contributed by atoms with E-state index in [0.717, 1.165) is 5.69 Å². The van der Waals surface area contributed by atoms with E-state index in [1.807, 2.05) is 13.0 Å². The predicted molar refractivity (Wildman–Crippen MR) is 83.0 cm³/mol. The van der Waals surface area contributed by atoms with Gasteiger partial charge in [-0.3, -0.25) is 0 Å². The van der Waals surface area contributed by atoms with E-state index in [9.17, 15) is 9.90 Å². The zero-order valence-corrected chi connectivity index (χ0v) is 12.7. The van der Waals surface area contributed by atoms with Crippen molar-refractivity contribution in [1.82, 2.24) is 4.98 Å². The fourth-order valence-corrected chi connectivity index (χ4v) is 1.81. The molecule has 0 amide bonds. The number of ether oxygens (including phenoxy) is 1. The van der Waals surface area contributed by atoms with Crippen LogP contribution < -0.4 is 0 Å². The van der Waals surface area contributed by atoms with Gasteiger partial charge in [-0.25, -0.2) is 9.78 Å². The third-order valence-corrected chi connectivity index (χ3v) is 3.15. The lowest BCUT2D eigenvalue weighted by Crippen LogP contribution is -1.96. The number of benzene rings is 1. The van der Waals surface area contributed by atoms with Crippen LogP contribution in [0.2, 0.25) is 0 Å². The topological polar surface area (TPSA) is 72.6 Å². The number of carbonyl (C=O) groups excluding carboxylic acids is 1. The molecule has 0 saturated heterocycles. The van der Waals surface area contributed by atoms with Gasteiger partial charge in [-0.05, 0) is 19.9 Å². The van der Waals surface area contributed by atoms with Gasteiger partial charge in [0.05, 0.1) is 18.4 Å². The Hall–Kier alpha value is -2.82. The summed E-state index contributed by atoms with van der Waals surface area (Å²) in [5.74, 6) is 0.344. The van der Waals surface area contributed by atoms with Gasteiger partial charge in [-0.2, -0.15) is 0 Å². The van der Waals surface area contributed by atoms with Crippen LogP contribution in [0.3, 0.4) is 0 Å². The van der Waals surface area contributed by atoms with Crippen molar-refractivity contribution in [2.45, 2.75) is 13.8 Å². The van der Waals surface area contributed by atoms with Gasteiger partial charge in [-0.1, -0.05) is 30.3 Å². The van der Waals surface area contributed by atoms with Crippen molar-refractivity contribution in [1.29, 1.82) is 0 Å². The number of rotatable bonds is 4. The van der Waals surface area contributed by atoms with E-state index in [2.05, 4.69) is 9.72 Å². The van der Waals surface area contributed by atoms with Crippen LogP contribution in [0.1, 0.15) is 22.9 Å². The second-order valence-corrected chi connectivity index (χ2v) is 4.65. The lowest BCUT2D eigenvalue weighted by atomic mass is 10.1. The molecule has 2 aromatic rings. The highest BCUT2D eigenvalue weighted by molar-refractivity contribution is 5.93. The number of aliphatic hydroxyl groups excluding tert-OH is 1. The summed E-state index contributed by atoms with van der Waals surface area (Å²) < 4.78 is 10.1. The van der Waals surface area contributed by atoms with Crippen molar-refractivity contribution in [2.75, 3.05) is 7.11 Å². The van der Waals surface area contributed by atoms with Crippen LogP contribution in [0.15, 0.2) is 46.9 Å². The molecule has 0 aliphatic rings. The van der Waals surface area contributed by atoms with Gasteiger partial charge >= 0.3 is 5.97 Å². The van der Waals surface area contributed by atoms with Crippen molar-refractivity contribution < 1.29 is 19.1 Å². The van der Waals surface area contributed by atoms with Crippen molar-refractivity contribution in [3.8, 4) is 0 Å². The molecule has 0 radical (unpaired) electrons. The van der Waals surface area contributed by atoms with E-state index in [-0.39, 0.29) is 11.6 Å². The van der Waals surface area contributed by atoms with Gasteiger partial charge in [0.1, 0.15) is 11.5 Å². The number of carbonyl (C=O) groups is 1. The molecule has 0 fully saturated rings. The van der Waals surface area contributed by atoms with Gasteiger partial charge in [-0.15, -0.1) is 0 Å². The molecule has 0 spiro atoms. The molecule has 0 saturated carbocycles. The summed E-state index contributed by atoms with van der Waals surface area (Å²) in [6.07, 6.45) is 2.64. The number of allylic oxidation sites excluding steroid dienone is 2. The van der Waals surface area contributed by atoms with E-state index in [1.165, 1.54) is 19.3 Å². The third kappa shape index (κ3) is 3.44. The van der Waals surface area contributed by atoms with E-state index < -0.39 is 5.97 Å². The molecule has 0 bridgehead atoms. The highest BCUT2D eigenvalue weighted by Gasteiger charge is 2.15. The average molecular weight is 299 g/mol. The molecule has 114 valence electrons. The standard InChI is InChI=1S/C17H17NO4/c1-11-12(2)22-17(18-11)14(9-10-15(19)21-3)16(20)13-7-5-4-6-8-13/h4-10,20H,1-3H3/b10-9+,16-14+. The Labute approximate surface area is 128 Å². The van der Waals surface area contributed by atoms with Crippen LogP contribution in [-0.2, 0) is 9.53 Å². The molecule has 1 aromatic carbocycles. The number of esters is 1. The number of oxazole rings is 1. The Morgan fingerprint density at radius 2 is 1.91 bits per heavy atom. The first kappa shape index (κ1) is 15.6. The van der Waals surface area contributed by atoms with Gasteiger partial charge < -0.3 is 14.3 Å². The largest absolute Gasteiger partial charge is 0.506 e. The second-order valence-electron chi connectivity index (χ2n) is 4.65. The first-order valence-electron chi connectivity index (χ1n) is 6.72. The minimum atomic E-state index is -0.529.